The Morgan fingerprint density at radius 2 is 2.00 bits per heavy atom. The van der Waals surface area contributed by atoms with E-state index in [0.717, 1.165) is 28.2 Å². The number of rotatable bonds is 2. The van der Waals surface area contributed by atoms with Crippen molar-refractivity contribution in [1.29, 1.82) is 0 Å². The molecule has 2 aromatic heterocycles. The van der Waals surface area contributed by atoms with E-state index in [0.29, 0.717) is 0 Å². The highest BCUT2D eigenvalue weighted by Gasteiger charge is 2.09. The molecule has 3 rings (SSSR count). The molecular weight excluding hydrogens is 226 g/mol. The highest BCUT2D eigenvalue weighted by Crippen LogP contribution is 2.22. The van der Waals surface area contributed by atoms with Crippen LogP contribution in [0.2, 0.25) is 0 Å². The van der Waals surface area contributed by atoms with Gasteiger partial charge in [0.25, 0.3) is 0 Å². The van der Waals surface area contributed by atoms with Crippen LogP contribution in [0.4, 0.5) is 11.5 Å². The highest BCUT2D eigenvalue weighted by molar-refractivity contribution is 5.88. The van der Waals surface area contributed by atoms with Gasteiger partial charge in [0.15, 0.2) is 11.3 Å². The third kappa shape index (κ3) is 1.79. The fraction of sp³-hybridized carbons (Fsp3) is 0.154. The van der Waals surface area contributed by atoms with Crippen LogP contribution in [-0.4, -0.2) is 20.2 Å². The van der Waals surface area contributed by atoms with Gasteiger partial charge in [0.2, 0.25) is 0 Å². The molecule has 0 atom stereocenters. The van der Waals surface area contributed by atoms with Crippen LogP contribution in [0.5, 0.6) is 0 Å². The van der Waals surface area contributed by atoms with Gasteiger partial charge in [-0.05, 0) is 31.5 Å². The van der Waals surface area contributed by atoms with Gasteiger partial charge >= 0.3 is 0 Å². The molecule has 0 unspecified atom stereocenters. The number of hydrogen-bond donors (Lipinski definition) is 2. The van der Waals surface area contributed by atoms with Crippen LogP contribution in [0.1, 0.15) is 11.3 Å². The lowest BCUT2D eigenvalue weighted by Gasteiger charge is -2.06. The first kappa shape index (κ1) is 10.7. The average Bonchev–Trinajstić information content (AvgIpc) is 2.73. The van der Waals surface area contributed by atoms with Crippen molar-refractivity contribution in [3.8, 4) is 0 Å². The summed E-state index contributed by atoms with van der Waals surface area (Å²) in [4.78, 5) is 8.46. The van der Waals surface area contributed by atoms with Gasteiger partial charge in [0.1, 0.15) is 11.8 Å². The zero-order valence-electron chi connectivity index (χ0n) is 10.2. The molecule has 5 heteroatoms. The van der Waals surface area contributed by atoms with E-state index < -0.39 is 0 Å². The first-order valence-electron chi connectivity index (χ1n) is 5.73. The molecule has 0 aliphatic carbocycles. The van der Waals surface area contributed by atoms with Crippen molar-refractivity contribution >= 4 is 22.5 Å². The molecular formula is C13H13N5. The third-order valence-corrected chi connectivity index (χ3v) is 2.79. The molecule has 0 amide bonds. The first-order chi connectivity index (χ1) is 8.74. The van der Waals surface area contributed by atoms with E-state index >= 15 is 0 Å². The summed E-state index contributed by atoms with van der Waals surface area (Å²) in [6.45, 7) is 4.00. The molecule has 18 heavy (non-hydrogen) atoms. The summed E-state index contributed by atoms with van der Waals surface area (Å²) in [5.41, 5.74) is 4.75. The van der Waals surface area contributed by atoms with Gasteiger partial charge in [-0.1, -0.05) is 12.1 Å². The molecule has 0 radical (unpaired) electrons. The van der Waals surface area contributed by atoms with E-state index in [-0.39, 0.29) is 0 Å². The number of nitrogens with zero attached hydrogens (tertiary/aromatic N) is 3. The first-order valence-corrected chi connectivity index (χ1v) is 5.73. The lowest BCUT2D eigenvalue weighted by molar-refractivity contribution is 1.07. The summed E-state index contributed by atoms with van der Waals surface area (Å²) in [5, 5.41) is 10.4. The topological polar surface area (TPSA) is 66.5 Å². The summed E-state index contributed by atoms with van der Waals surface area (Å²) in [6.07, 6.45) is 1.54. The van der Waals surface area contributed by atoms with Crippen molar-refractivity contribution in [2.24, 2.45) is 0 Å². The maximum atomic E-state index is 4.24. The minimum Gasteiger partial charge on any atom is -0.338 e. The Morgan fingerprint density at radius 1 is 1.11 bits per heavy atom. The summed E-state index contributed by atoms with van der Waals surface area (Å²) in [5.74, 6) is 0.718. The summed E-state index contributed by atoms with van der Waals surface area (Å²) < 4.78 is 0. The predicted molar refractivity (Wildman–Crippen MR) is 70.9 cm³/mol. The van der Waals surface area contributed by atoms with Gasteiger partial charge in [-0.2, -0.15) is 5.10 Å². The number of hydrogen-bond acceptors (Lipinski definition) is 4. The number of aryl methyl sites for hydroxylation is 2. The molecule has 5 nitrogen and oxygen atoms in total. The molecule has 0 aliphatic heterocycles. The summed E-state index contributed by atoms with van der Waals surface area (Å²) in [7, 11) is 0. The Balaban J connectivity index is 2.05. The number of H-pyrrole nitrogens is 1. The van der Waals surface area contributed by atoms with Gasteiger partial charge in [-0.15, -0.1) is 0 Å². The minimum absolute atomic E-state index is 0.718. The van der Waals surface area contributed by atoms with E-state index in [9.17, 15) is 0 Å². The van der Waals surface area contributed by atoms with Crippen molar-refractivity contribution < 1.29 is 0 Å². The molecule has 90 valence electrons. The number of anilines is 2. The zero-order valence-corrected chi connectivity index (χ0v) is 10.2. The minimum atomic E-state index is 0.718. The average molecular weight is 239 g/mol. The third-order valence-electron chi connectivity index (χ3n) is 2.79. The Hall–Kier alpha value is -2.43. The van der Waals surface area contributed by atoms with E-state index in [2.05, 4.69) is 44.5 Å². The highest BCUT2D eigenvalue weighted by atomic mass is 15.2. The van der Waals surface area contributed by atoms with Crippen molar-refractivity contribution in [2.75, 3.05) is 5.32 Å². The van der Waals surface area contributed by atoms with Crippen molar-refractivity contribution in [3.05, 3.63) is 41.9 Å². The quantitative estimate of drug-likeness (QED) is 0.721. The van der Waals surface area contributed by atoms with E-state index in [1.807, 2.05) is 19.1 Å². The van der Waals surface area contributed by atoms with E-state index in [1.165, 1.54) is 5.56 Å². The van der Waals surface area contributed by atoms with Crippen LogP contribution in [-0.2, 0) is 0 Å². The van der Waals surface area contributed by atoms with Crippen LogP contribution in [0.3, 0.4) is 0 Å². The maximum absolute atomic E-state index is 4.24. The second kappa shape index (κ2) is 4.10. The maximum Gasteiger partial charge on any atom is 0.162 e. The molecule has 0 saturated heterocycles. The van der Waals surface area contributed by atoms with Crippen molar-refractivity contribution in [1.82, 2.24) is 20.2 Å². The molecule has 2 N–H and O–H groups in total. The number of aromatic amines is 1. The standard InChI is InChI=1S/C13H13N5/c1-8-4-3-5-10(6-8)16-13-12-11(14-7-15-13)9(2)17-18-12/h3-7H,1-2H3,(H,17,18)(H,14,15,16). The molecule has 0 fully saturated rings. The number of benzene rings is 1. The fourth-order valence-corrected chi connectivity index (χ4v) is 1.90. The summed E-state index contributed by atoms with van der Waals surface area (Å²) >= 11 is 0. The molecule has 3 aromatic rings. The van der Waals surface area contributed by atoms with Crippen LogP contribution < -0.4 is 5.32 Å². The second-order valence-electron chi connectivity index (χ2n) is 4.26. The molecule has 2 heterocycles. The molecule has 0 spiro atoms. The molecule has 1 aromatic carbocycles. The van der Waals surface area contributed by atoms with Crippen LogP contribution >= 0.6 is 0 Å². The zero-order chi connectivity index (χ0) is 12.5. The van der Waals surface area contributed by atoms with Crippen LogP contribution in [0.25, 0.3) is 11.0 Å². The van der Waals surface area contributed by atoms with Crippen molar-refractivity contribution in [2.45, 2.75) is 13.8 Å². The van der Waals surface area contributed by atoms with Gasteiger partial charge in [-0.25, -0.2) is 9.97 Å². The largest absolute Gasteiger partial charge is 0.338 e. The summed E-state index contributed by atoms with van der Waals surface area (Å²) in [6, 6.07) is 8.12. The van der Waals surface area contributed by atoms with Crippen LogP contribution in [0, 0.1) is 13.8 Å². The Bertz CT molecular complexity index is 701. The van der Waals surface area contributed by atoms with Gasteiger partial charge in [-0.3, -0.25) is 5.10 Å². The van der Waals surface area contributed by atoms with Crippen molar-refractivity contribution in [3.63, 3.8) is 0 Å². The Labute approximate surface area is 104 Å². The lowest BCUT2D eigenvalue weighted by Crippen LogP contribution is -1.95. The van der Waals surface area contributed by atoms with Crippen LogP contribution in [0.15, 0.2) is 30.6 Å². The van der Waals surface area contributed by atoms with E-state index in [4.69, 9.17) is 0 Å². The SMILES string of the molecule is Cc1cccc(Nc2ncnc3c(C)[nH]nc23)c1. The van der Waals surface area contributed by atoms with E-state index in [1.54, 1.807) is 6.33 Å². The van der Waals surface area contributed by atoms with Gasteiger partial charge in [0, 0.05) is 5.69 Å². The smallest absolute Gasteiger partial charge is 0.162 e. The van der Waals surface area contributed by atoms with Gasteiger partial charge < -0.3 is 5.32 Å². The fourth-order valence-electron chi connectivity index (χ4n) is 1.90. The number of nitrogens with one attached hydrogen (secondary N) is 2. The Morgan fingerprint density at radius 3 is 2.83 bits per heavy atom. The number of fused-ring (bicyclic) bond motifs is 1. The predicted octanol–water partition coefficient (Wildman–Crippen LogP) is 2.71. The normalized spacial score (nSPS) is 10.8. The molecule has 0 aliphatic rings. The molecule has 0 bridgehead atoms. The second-order valence-corrected chi connectivity index (χ2v) is 4.26. The molecule has 0 saturated carbocycles. The monoisotopic (exact) mass is 239 g/mol. The van der Waals surface area contributed by atoms with Gasteiger partial charge in [0.05, 0.1) is 5.69 Å². The number of aromatic nitrogens is 4. The Kier molecular flexibility index (Phi) is 2.44. The lowest BCUT2D eigenvalue weighted by atomic mass is 10.2.